The number of oxime groups is 2. The molecule has 2 aromatic carbocycles. The second kappa shape index (κ2) is 9.59. The molecule has 28 heavy (non-hydrogen) atoms. The predicted octanol–water partition coefficient (Wildman–Crippen LogP) is 3.74. The molecule has 8 heteroatoms. The van der Waals surface area contributed by atoms with Crippen LogP contribution in [-0.4, -0.2) is 31.6 Å². The lowest BCUT2D eigenvalue weighted by Gasteiger charge is -2.12. The smallest absolute Gasteiger partial charge is 0.360 e. The maximum absolute atomic E-state index is 13.4. The SMILES string of the molecule is CO/N=C(/C(=O)OC)c1cccc(C)c1CO/N=C(\C)c1ccc(F)c(F)c1. The first-order valence-corrected chi connectivity index (χ1v) is 8.29. The summed E-state index contributed by atoms with van der Waals surface area (Å²) in [4.78, 5) is 22.2. The number of carbonyl (C=O) groups excluding carboxylic acids is 1. The molecule has 0 saturated heterocycles. The Morgan fingerprint density at radius 2 is 1.82 bits per heavy atom. The Morgan fingerprint density at radius 1 is 1.07 bits per heavy atom. The number of esters is 1. The summed E-state index contributed by atoms with van der Waals surface area (Å²) in [5, 5.41) is 7.70. The minimum Gasteiger partial charge on any atom is -0.464 e. The quantitative estimate of drug-likeness (QED) is 0.410. The van der Waals surface area contributed by atoms with Gasteiger partial charge in [0, 0.05) is 16.7 Å². The average molecular weight is 390 g/mol. The Labute approximate surface area is 161 Å². The summed E-state index contributed by atoms with van der Waals surface area (Å²) < 4.78 is 31.2. The highest BCUT2D eigenvalue weighted by atomic mass is 19.2. The van der Waals surface area contributed by atoms with Crippen molar-refractivity contribution < 1.29 is 28.0 Å². The van der Waals surface area contributed by atoms with Crippen LogP contribution in [0.3, 0.4) is 0 Å². The molecule has 148 valence electrons. The topological polar surface area (TPSA) is 69.5 Å². The van der Waals surface area contributed by atoms with Crippen molar-refractivity contribution in [2.45, 2.75) is 20.5 Å². The van der Waals surface area contributed by atoms with Crippen LogP contribution >= 0.6 is 0 Å². The van der Waals surface area contributed by atoms with Gasteiger partial charge in [-0.1, -0.05) is 28.5 Å². The highest BCUT2D eigenvalue weighted by molar-refractivity contribution is 6.43. The van der Waals surface area contributed by atoms with Gasteiger partial charge in [-0.15, -0.1) is 0 Å². The molecule has 0 amide bonds. The average Bonchev–Trinajstić information content (AvgIpc) is 2.68. The van der Waals surface area contributed by atoms with Crippen LogP contribution in [0.1, 0.15) is 29.2 Å². The molecular weight excluding hydrogens is 370 g/mol. The molecule has 0 heterocycles. The molecule has 0 aliphatic carbocycles. The van der Waals surface area contributed by atoms with Gasteiger partial charge in [-0.3, -0.25) is 0 Å². The third-order valence-electron chi connectivity index (χ3n) is 3.97. The van der Waals surface area contributed by atoms with E-state index in [2.05, 4.69) is 10.3 Å². The third kappa shape index (κ3) is 4.91. The van der Waals surface area contributed by atoms with E-state index >= 15 is 0 Å². The van der Waals surface area contributed by atoms with Crippen LogP contribution in [0.25, 0.3) is 0 Å². The number of nitrogens with zero attached hydrogens (tertiary/aromatic N) is 2. The Balaban J connectivity index is 2.27. The number of methoxy groups -OCH3 is 1. The zero-order valence-corrected chi connectivity index (χ0v) is 16.0. The van der Waals surface area contributed by atoms with Gasteiger partial charge in [-0.2, -0.15) is 0 Å². The third-order valence-corrected chi connectivity index (χ3v) is 3.97. The van der Waals surface area contributed by atoms with Crippen molar-refractivity contribution in [3.05, 3.63) is 70.3 Å². The Morgan fingerprint density at radius 3 is 2.46 bits per heavy atom. The van der Waals surface area contributed by atoms with Crippen LogP contribution in [0.5, 0.6) is 0 Å². The molecule has 0 atom stereocenters. The van der Waals surface area contributed by atoms with Gasteiger partial charge in [-0.05, 0) is 37.6 Å². The molecule has 0 aliphatic heterocycles. The molecule has 0 bridgehead atoms. The van der Waals surface area contributed by atoms with Crippen molar-refractivity contribution in [2.75, 3.05) is 14.2 Å². The summed E-state index contributed by atoms with van der Waals surface area (Å²) in [7, 11) is 2.57. The molecule has 0 unspecified atom stereocenters. The van der Waals surface area contributed by atoms with Crippen LogP contribution in [-0.2, 0) is 25.8 Å². The molecule has 0 spiro atoms. The van der Waals surface area contributed by atoms with Crippen LogP contribution in [0, 0.1) is 18.6 Å². The van der Waals surface area contributed by atoms with Gasteiger partial charge in [0.05, 0.1) is 12.8 Å². The first kappa shape index (κ1) is 21.0. The van der Waals surface area contributed by atoms with E-state index in [1.165, 1.54) is 20.3 Å². The fourth-order valence-electron chi connectivity index (χ4n) is 2.47. The molecule has 0 radical (unpaired) electrons. The number of hydrogen-bond donors (Lipinski definition) is 0. The normalized spacial score (nSPS) is 11.9. The van der Waals surface area contributed by atoms with E-state index in [0.29, 0.717) is 22.4 Å². The van der Waals surface area contributed by atoms with Crippen molar-refractivity contribution in [2.24, 2.45) is 10.3 Å². The number of carbonyl (C=O) groups is 1. The monoisotopic (exact) mass is 390 g/mol. The number of halogens is 2. The zero-order chi connectivity index (χ0) is 20.7. The van der Waals surface area contributed by atoms with Gasteiger partial charge >= 0.3 is 5.97 Å². The summed E-state index contributed by atoms with van der Waals surface area (Å²) in [5.74, 6) is -2.56. The van der Waals surface area contributed by atoms with Crippen LogP contribution in [0.15, 0.2) is 46.7 Å². The summed E-state index contributed by atoms with van der Waals surface area (Å²) in [6.45, 7) is 3.47. The van der Waals surface area contributed by atoms with Crippen molar-refractivity contribution in [3.63, 3.8) is 0 Å². The van der Waals surface area contributed by atoms with Crippen molar-refractivity contribution in [3.8, 4) is 0 Å². The van der Waals surface area contributed by atoms with Gasteiger partial charge in [0.25, 0.3) is 0 Å². The second-order valence-electron chi connectivity index (χ2n) is 5.79. The molecule has 6 nitrogen and oxygen atoms in total. The number of rotatable bonds is 7. The Kier molecular flexibility index (Phi) is 7.20. The van der Waals surface area contributed by atoms with Crippen molar-refractivity contribution in [1.82, 2.24) is 0 Å². The second-order valence-corrected chi connectivity index (χ2v) is 5.79. The molecular formula is C20H20F2N2O4. The minimum atomic E-state index is -0.966. The largest absolute Gasteiger partial charge is 0.464 e. The lowest BCUT2D eigenvalue weighted by atomic mass is 9.99. The summed E-state index contributed by atoms with van der Waals surface area (Å²) in [5.41, 5.74) is 2.73. The number of ether oxygens (including phenoxy) is 1. The number of aryl methyl sites for hydroxylation is 1. The standard InChI is InChI=1S/C20H20F2N2O4/c1-12-6-5-7-15(19(24-27-4)20(25)26-3)16(12)11-28-23-13(2)14-8-9-17(21)18(22)10-14/h5-10H,11H2,1-4H3/b23-13+,24-19+. The molecule has 2 aromatic rings. The van der Waals surface area contributed by atoms with E-state index in [4.69, 9.17) is 14.4 Å². The van der Waals surface area contributed by atoms with E-state index in [0.717, 1.165) is 17.7 Å². The minimum absolute atomic E-state index is 0.00592. The van der Waals surface area contributed by atoms with E-state index in [1.807, 2.05) is 13.0 Å². The van der Waals surface area contributed by atoms with E-state index in [9.17, 15) is 13.6 Å². The molecule has 2 rings (SSSR count). The first-order valence-electron chi connectivity index (χ1n) is 8.29. The maximum Gasteiger partial charge on any atom is 0.360 e. The van der Waals surface area contributed by atoms with Gasteiger partial charge in [0.1, 0.15) is 13.7 Å². The molecule has 0 aliphatic rings. The van der Waals surface area contributed by atoms with E-state index < -0.39 is 17.6 Å². The first-order chi connectivity index (χ1) is 13.4. The highest BCUT2D eigenvalue weighted by Gasteiger charge is 2.20. The molecule has 0 fully saturated rings. The summed E-state index contributed by atoms with van der Waals surface area (Å²) in [6, 6.07) is 8.75. The van der Waals surface area contributed by atoms with Crippen LogP contribution in [0.4, 0.5) is 8.78 Å². The van der Waals surface area contributed by atoms with Crippen LogP contribution < -0.4 is 0 Å². The van der Waals surface area contributed by atoms with Gasteiger partial charge in [0.15, 0.2) is 17.3 Å². The fraction of sp³-hybridized carbons (Fsp3) is 0.250. The summed E-state index contributed by atoms with van der Waals surface area (Å²) >= 11 is 0. The zero-order valence-electron chi connectivity index (χ0n) is 16.0. The Bertz CT molecular complexity index is 926. The molecule has 0 saturated carbocycles. The van der Waals surface area contributed by atoms with Crippen LogP contribution in [0.2, 0.25) is 0 Å². The van der Waals surface area contributed by atoms with E-state index in [-0.39, 0.29) is 12.3 Å². The predicted molar refractivity (Wildman–Crippen MR) is 100 cm³/mol. The van der Waals surface area contributed by atoms with Crippen molar-refractivity contribution >= 4 is 17.4 Å². The molecule has 0 N–H and O–H groups in total. The van der Waals surface area contributed by atoms with Crippen molar-refractivity contribution in [1.29, 1.82) is 0 Å². The van der Waals surface area contributed by atoms with Gasteiger partial charge in [0.2, 0.25) is 0 Å². The number of hydrogen-bond acceptors (Lipinski definition) is 6. The highest BCUT2D eigenvalue weighted by Crippen LogP contribution is 2.18. The Hall–Kier alpha value is -3.29. The number of benzene rings is 2. The van der Waals surface area contributed by atoms with Gasteiger partial charge in [-0.25, -0.2) is 13.6 Å². The van der Waals surface area contributed by atoms with E-state index in [1.54, 1.807) is 19.1 Å². The summed E-state index contributed by atoms with van der Waals surface area (Å²) in [6.07, 6.45) is 0. The molecule has 0 aromatic heterocycles. The van der Waals surface area contributed by atoms with Gasteiger partial charge < -0.3 is 14.4 Å². The lowest BCUT2D eigenvalue weighted by molar-refractivity contribution is -0.132. The lowest BCUT2D eigenvalue weighted by Crippen LogP contribution is -2.20. The fourth-order valence-corrected chi connectivity index (χ4v) is 2.47. The maximum atomic E-state index is 13.4.